The van der Waals surface area contributed by atoms with Gasteiger partial charge in [-0.25, -0.2) is 13.4 Å². The average molecular weight is 872 g/mol. The van der Waals surface area contributed by atoms with Gasteiger partial charge in [-0.3, -0.25) is 24.0 Å². The van der Waals surface area contributed by atoms with E-state index in [1.807, 2.05) is 54.6 Å². The van der Waals surface area contributed by atoms with Gasteiger partial charge in [-0.05, 0) is 80.0 Å². The van der Waals surface area contributed by atoms with Crippen LogP contribution in [0.4, 0.5) is 34.5 Å². The van der Waals surface area contributed by atoms with E-state index in [0.717, 1.165) is 42.7 Å². The molecule has 1 aromatic heterocycles. The van der Waals surface area contributed by atoms with Crippen molar-refractivity contribution in [3.8, 4) is 11.5 Å². The Morgan fingerprint density at radius 3 is 2.52 bits per heavy atom. The first-order valence-corrected chi connectivity index (χ1v) is 22.8. The molecule has 1 saturated carbocycles. The molecular formula is C43H50ClN9O7S. The number of benzene rings is 3. The predicted molar refractivity (Wildman–Crippen MR) is 234 cm³/mol. The summed E-state index contributed by atoms with van der Waals surface area (Å²) in [5, 5.41) is 15.8. The van der Waals surface area contributed by atoms with E-state index < -0.39 is 10.0 Å². The minimum absolute atomic E-state index is 0.0402. The lowest BCUT2D eigenvalue weighted by molar-refractivity contribution is -0.134. The van der Waals surface area contributed by atoms with Crippen molar-refractivity contribution < 1.29 is 32.3 Å². The molecule has 16 nitrogen and oxygen atoms in total. The maximum Gasteiger partial charge on any atom is 0.234 e. The lowest BCUT2D eigenvalue weighted by atomic mass is 9.81. The van der Waals surface area contributed by atoms with Crippen LogP contribution in [-0.2, 0) is 30.8 Å². The maximum atomic E-state index is 12.8. The van der Waals surface area contributed by atoms with Crippen LogP contribution in [0.1, 0.15) is 55.6 Å². The van der Waals surface area contributed by atoms with Crippen LogP contribution in [0, 0.1) is 5.92 Å². The van der Waals surface area contributed by atoms with Crippen LogP contribution >= 0.6 is 11.6 Å². The number of para-hydroxylation sites is 1. The van der Waals surface area contributed by atoms with Crippen molar-refractivity contribution in [3.63, 3.8) is 0 Å². The predicted octanol–water partition coefficient (Wildman–Crippen LogP) is 5.00. The molecule has 61 heavy (non-hydrogen) atoms. The van der Waals surface area contributed by atoms with Gasteiger partial charge in [0.1, 0.15) is 22.6 Å². The van der Waals surface area contributed by atoms with E-state index in [2.05, 4.69) is 41.5 Å². The highest BCUT2D eigenvalue weighted by molar-refractivity contribution is 7.92. The number of aromatic nitrogens is 2. The molecule has 18 heteroatoms. The van der Waals surface area contributed by atoms with Gasteiger partial charge in [0.25, 0.3) is 0 Å². The second kappa shape index (κ2) is 18.1. The highest BCUT2D eigenvalue weighted by Gasteiger charge is 2.36. The molecule has 4 heterocycles. The monoisotopic (exact) mass is 871 g/mol. The number of piperidine rings is 2. The number of methoxy groups -OCH3 is 1. The van der Waals surface area contributed by atoms with Crippen LogP contribution in [-0.4, -0.2) is 94.3 Å². The number of ether oxygens (including phenoxy) is 2. The number of nitrogens with one attached hydrogen (secondary N) is 5. The zero-order valence-corrected chi connectivity index (χ0v) is 35.7. The second-order valence-electron chi connectivity index (χ2n) is 15.9. The van der Waals surface area contributed by atoms with Gasteiger partial charge in [0.05, 0.1) is 42.5 Å². The first-order chi connectivity index (χ1) is 29.4. The minimum Gasteiger partial charge on any atom is -0.494 e. The summed E-state index contributed by atoms with van der Waals surface area (Å²) < 4.78 is 38.3. The zero-order chi connectivity index (χ0) is 42.7. The van der Waals surface area contributed by atoms with E-state index in [0.29, 0.717) is 92.2 Å². The van der Waals surface area contributed by atoms with E-state index in [4.69, 9.17) is 21.1 Å². The van der Waals surface area contributed by atoms with E-state index in [1.165, 1.54) is 16.8 Å². The molecule has 0 bridgehead atoms. The Hall–Kier alpha value is -5.65. The van der Waals surface area contributed by atoms with E-state index >= 15 is 0 Å². The lowest BCUT2D eigenvalue weighted by Gasteiger charge is -2.35. The van der Waals surface area contributed by atoms with Crippen molar-refractivity contribution >= 4 is 73.9 Å². The molecule has 2 saturated heterocycles. The first-order valence-electron chi connectivity index (χ1n) is 20.6. The molecule has 5 N–H and O–H groups in total. The Kier molecular flexibility index (Phi) is 12.5. The summed E-state index contributed by atoms with van der Waals surface area (Å²) in [5.74, 6) is 0.977. The fourth-order valence-electron chi connectivity index (χ4n) is 8.43. The van der Waals surface area contributed by atoms with Crippen molar-refractivity contribution in [1.29, 1.82) is 0 Å². The Balaban J connectivity index is 0.766. The Bertz CT molecular complexity index is 2410. The van der Waals surface area contributed by atoms with Crippen molar-refractivity contribution in [2.75, 3.05) is 65.9 Å². The number of nitrogens with zero attached hydrogens (tertiary/aromatic N) is 4. The summed E-state index contributed by atoms with van der Waals surface area (Å²) in [4.78, 5) is 48.0. The fraction of sp³-hybridized carbons (Fsp3) is 0.419. The summed E-state index contributed by atoms with van der Waals surface area (Å²) in [6, 6.07) is 19.3. The Morgan fingerprint density at radius 1 is 0.951 bits per heavy atom. The van der Waals surface area contributed by atoms with Gasteiger partial charge in [0, 0.05) is 62.9 Å². The second-order valence-corrected chi connectivity index (χ2v) is 18.2. The molecule has 4 aromatic rings. The first kappa shape index (κ1) is 42.1. The summed E-state index contributed by atoms with van der Waals surface area (Å²) in [7, 11) is -1.85. The largest absolute Gasteiger partial charge is 0.494 e. The van der Waals surface area contributed by atoms with Crippen LogP contribution < -0.4 is 45.3 Å². The standard InChI is InChI=1S/C43H50ClN9O7S/c1-59-37-24-30(9-11-35(37)49-43-47-25-34(44)40(51-43)48-36-8-4-5-26-13-20-53(39(26)36)61(2,57)58)52-18-14-29(15-19-52)45-16-17-46-41(55)28-22-32(23-28)60-31-7-3-6-27(21-31)33-10-12-38(54)50-42(33)56/h3-9,11,21,24-25,28-29,32-33,45H,10,12-20,22-23H2,1-2H3,(H,46,55)(H,50,54,56)(H2,47,48,49,51)/t28-,32+,33?. The molecule has 322 valence electrons. The van der Waals surface area contributed by atoms with Crippen LogP contribution in [0.25, 0.3) is 0 Å². The molecule has 0 radical (unpaired) electrons. The number of carbonyl (C=O) groups excluding carboxylic acids is 3. The number of sulfonamides is 1. The number of amides is 3. The highest BCUT2D eigenvalue weighted by atomic mass is 35.5. The number of fused-ring (bicyclic) bond motifs is 1. The summed E-state index contributed by atoms with van der Waals surface area (Å²) in [6.07, 6.45) is 7.23. The van der Waals surface area contributed by atoms with Crippen LogP contribution in [0.2, 0.25) is 5.02 Å². The van der Waals surface area contributed by atoms with Crippen molar-refractivity contribution in [2.24, 2.45) is 5.92 Å². The van der Waals surface area contributed by atoms with Crippen molar-refractivity contribution in [2.45, 2.75) is 63.0 Å². The number of carbonyl (C=O) groups is 3. The highest BCUT2D eigenvalue weighted by Crippen LogP contribution is 2.40. The molecule has 4 aliphatic rings. The van der Waals surface area contributed by atoms with Gasteiger partial charge in [0.15, 0.2) is 5.82 Å². The third-order valence-electron chi connectivity index (χ3n) is 11.8. The number of hydrogen-bond donors (Lipinski definition) is 5. The van der Waals surface area contributed by atoms with Gasteiger partial charge in [-0.2, -0.15) is 4.98 Å². The van der Waals surface area contributed by atoms with Gasteiger partial charge in [-0.15, -0.1) is 0 Å². The van der Waals surface area contributed by atoms with Crippen LogP contribution in [0.5, 0.6) is 11.5 Å². The van der Waals surface area contributed by atoms with Crippen LogP contribution in [0.3, 0.4) is 0 Å². The summed E-state index contributed by atoms with van der Waals surface area (Å²) >= 11 is 6.50. The topological polar surface area (TPSA) is 196 Å². The molecule has 1 atom stereocenters. The third kappa shape index (κ3) is 9.79. The summed E-state index contributed by atoms with van der Waals surface area (Å²) in [5.41, 5.74) is 4.63. The molecule has 3 fully saturated rings. The van der Waals surface area contributed by atoms with Gasteiger partial charge in [-0.1, -0.05) is 35.9 Å². The fourth-order valence-corrected chi connectivity index (χ4v) is 9.54. The third-order valence-corrected chi connectivity index (χ3v) is 13.2. The smallest absolute Gasteiger partial charge is 0.234 e. The summed E-state index contributed by atoms with van der Waals surface area (Å²) in [6.45, 7) is 3.32. The zero-order valence-electron chi connectivity index (χ0n) is 34.1. The maximum absolute atomic E-state index is 12.8. The van der Waals surface area contributed by atoms with E-state index in [9.17, 15) is 22.8 Å². The van der Waals surface area contributed by atoms with Gasteiger partial charge in [0.2, 0.25) is 33.7 Å². The number of anilines is 6. The molecule has 3 amide bonds. The van der Waals surface area contributed by atoms with Crippen molar-refractivity contribution in [1.82, 2.24) is 25.9 Å². The lowest BCUT2D eigenvalue weighted by Crippen LogP contribution is -2.47. The Morgan fingerprint density at radius 2 is 1.75 bits per heavy atom. The van der Waals surface area contributed by atoms with Gasteiger partial charge < -0.3 is 35.6 Å². The van der Waals surface area contributed by atoms with Crippen LogP contribution in [0.15, 0.2) is 66.9 Å². The molecule has 8 rings (SSSR count). The average Bonchev–Trinajstić information content (AvgIpc) is 3.69. The van der Waals surface area contributed by atoms with E-state index in [-0.39, 0.29) is 46.6 Å². The Labute approximate surface area is 360 Å². The molecule has 1 aliphatic carbocycles. The van der Waals surface area contributed by atoms with E-state index in [1.54, 1.807) is 13.2 Å². The van der Waals surface area contributed by atoms with Gasteiger partial charge >= 0.3 is 0 Å². The number of hydrogen-bond acceptors (Lipinski definition) is 13. The molecule has 0 spiro atoms. The number of halogens is 1. The van der Waals surface area contributed by atoms with Crippen molar-refractivity contribution in [3.05, 3.63) is 83.0 Å². The molecule has 1 unspecified atom stereocenters. The quantitative estimate of drug-likeness (QED) is 0.0792. The minimum atomic E-state index is -3.47. The number of imide groups is 1. The molecule has 3 aromatic carbocycles. The molecule has 3 aliphatic heterocycles. The number of rotatable bonds is 15. The normalized spacial score (nSPS) is 20.3. The molecular weight excluding hydrogens is 822 g/mol. The SMILES string of the molecule is COc1cc(N2CCC(NCCNC(=O)[C@H]3C[C@@H](Oc4cccc(C5CCC(=O)NC5=O)c4)C3)CC2)ccc1Nc1ncc(Cl)c(Nc2cccc3c2N(S(C)(=O)=O)CC3)n1.